The molecule has 0 amide bonds. The van der Waals surface area contributed by atoms with Gasteiger partial charge in [0.25, 0.3) is 0 Å². The van der Waals surface area contributed by atoms with Gasteiger partial charge in [-0.2, -0.15) is 0 Å². The first-order valence-corrected chi connectivity index (χ1v) is 4.14. The van der Waals surface area contributed by atoms with Crippen LogP contribution in [0.5, 0.6) is 0 Å². The summed E-state index contributed by atoms with van der Waals surface area (Å²) >= 11 is 4.59. The average Bonchev–Trinajstić information content (AvgIpc) is 2.01. The zero-order valence-corrected chi connectivity index (χ0v) is 7.41. The zero-order chi connectivity index (χ0) is 8.97. The molecule has 0 saturated heterocycles. The molecular weight excluding hydrogens is 174 g/mol. The van der Waals surface area contributed by atoms with Crippen LogP contribution in [-0.4, -0.2) is 10.9 Å². The Hall–Kier alpha value is -1.10. The molecule has 0 aliphatic heterocycles. The normalized spacial score (nSPS) is 16.7. The molecule has 4 N–H and O–H groups in total. The molecule has 1 aliphatic carbocycles. The van der Waals surface area contributed by atoms with Gasteiger partial charge in [-0.3, -0.25) is 10.2 Å². The van der Waals surface area contributed by atoms with E-state index in [0.717, 1.165) is 18.5 Å². The van der Waals surface area contributed by atoms with Crippen molar-refractivity contribution in [1.82, 2.24) is 10.9 Å². The number of hydrazine groups is 1. The van der Waals surface area contributed by atoms with Gasteiger partial charge in [0, 0.05) is 18.2 Å². The molecule has 1 rings (SSSR count). The van der Waals surface area contributed by atoms with Gasteiger partial charge in [-0.05, 0) is 25.1 Å². The van der Waals surface area contributed by atoms with Crippen molar-refractivity contribution in [2.45, 2.75) is 19.3 Å². The lowest BCUT2D eigenvalue weighted by Crippen LogP contribution is -2.40. The van der Waals surface area contributed by atoms with Crippen LogP contribution in [0.25, 0.3) is 0 Å². The molecule has 0 heterocycles. The lowest BCUT2D eigenvalue weighted by atomic mass is 10.0. The van der Waals surface area contributed by atoms with E-state index in [-0.39, 0.29) is 10.9 Å². The highest BCUT2D eigenvalue weighted by molar-refractivity contribution is 7.80. The summed E-state index contributed by atoms with van der Waals surface area (Å²) in [5, 5.41) is 0.175. The Bertz CT molecular complexity index is 237. The minimum absolute atomic E-state index is 0.147. The molecule has 0 unspecified atom stereocenters. The van der Waals surface area contributed by atoms with E-state index < -0.39 is 0 Å². The van der Waals surface area contributed by atoms with E-state index in [1.165, 1.54) is 0 Å². The molecule has 4 nitrogen and oxygen atoms in total. The largest absolute Gasteiger partial charge is 0.375 e. The van der Waals surface area contributed by atoms with Gasteiger partial charge >= 0.3 is 0 Å². The molecule has 0 aromatic carbocycles. The molecule has 0 aromatic heterocycles. The van der Waals surface area contributed by atoms with E-state index in [1.807, 2.05) is 0 Å². The maximum atomic E-state index is 10.9. The van der Waals surface area contributed by atoms with Gasteiger partial charge in [0.2, 0.25) is 0 Å². The van der Waals surface area contributed by atoms with Crippen LogP contribution < -0.4 is 16.6 Å². The Morgan fingerprint density at radius 3 is 2.92 bits per heavy atom. The minimum atomic E-state index is 0.147. The first-order chi connectivity index (χ1) is 5.68. The predicted octanol–water partition coefficient (Wildman–Crippen LogP) is -0.0389. The monoisotopic (exact) mass is 185 g/mol. The topological polar surface area (TPSA) is 67.2 Å². The number of hydrogen-bond acceptors (Lipinski definition) is 3. The Morgan fingerprint density at radius 2 is 2.33 bits per heavy atom. The summed E-state index contributed by atoms with van der Waals surface area (Å²) in [5.41, 5.74) is 11.4. The molecule has 66 valence electrons. The van der Waals surface area contributed by atoms with Gasteiger partial charge in [-0.15, -0.1) is 0 Å². The first-order valence-electron chi connectivity index (χ1n) is 3.73. The van der Waals surface area contributed by atoms with Crippen molar-refractivity contribution < 1.29 is 4.79 Å². The van der Waals surface area contributed by atoms with Gasteiger partial charge in [-0.25, -0.2) is 0 Å². The number of nitrogens with one attached hydrogen (secondary N) is 2. The molecule has 12 heavy (non-hydrogen) atoms. The molecule has 0 atom stereocenters. The number of carbonyl (C=O) groups is 1. The van der Waals surface area contributed by atoms with Crippen LogP contribution in [0.4, 0.5) is 0 Å². The fraction of sp³-hybridized carbons (Fsp3) is 0.429. The van der Waals surface area contributed by atoms with E-state index in [4.69, 9.17) is 5.73 Å². The average molecular weight is 185 g/mol. The molecule has 0 radical (unpaired) electrons. The number of allylic oxidation sites excluding steroid dienone is 2. The standard InChI is InChI=1S/C7H11N3OS/c8-7(12)10-9-5-2-1-3-6(11)4-5/h4,9H,1-3H2,(H3,8,10,12). The summed E-state index contributed by atoms with van der Waals surface area (Å²) in [6.45, 7) is 0. The number of ketones is 1. The Balaban J connectivity index is 2.40. The van der Waals surface area contributed by atoms with E-state index >= 15 is 0 Å². The van der Waals surface area contributed by atoms with Gasteiger partial charge < -0.3 is 11.2 Å². The van der Waals surface area contributed by atoms with Crippen LogP contribution >= 0.6 is 12.2 Å². The van der Waals surface area contributed by atoms with Crippen molar-refractivity contribution >= 4 is 23.1 Å². The molecule has 0 aromatic rings. The fourth-order valence-corrected chi connectivity index (χ4v) is 1.08. The molecule has 0 spiro atoms. The van der Waals surface area contributed by atoms with Crippen molar-refractivity contribution in [2.75, 3.05) is 0 Å². The molecule has 0 fully saturated rings. The number of hydrogen-bond donors (Lipinski definition) is 3. The van der Waals surface area contributed by atoms with E-state index in [9.17, 15) is 4.79 Å². The second kappa shape index (κ2) is 4.06. The predicted molar refractivity (Wildman–Crippen MR) is 50.0 cm³/mol. The molecule has 1 aliphatic rings. The van der Waals surface area contributed by atoms with Crippen molar-refractivity contribution in [1.29, 1.82) is 0 Å². The Morgan fingerprint density at radius 1 is 1.58 bits per heavy atom. The maximum absolute atomic E-state index is 10.9. The number of thiocarbonyl (C=S) groups is 1. The van der Waals surface area contributed by atoms with Crippen LogP contribution in [-0.2, 0) is 4.79 Å². The summed E-state index contributed by atoms with van der Waals surface area (Å²) in [6.07, 6.45) is 3.96. The third-order valence-electron chi connectivity index (χ3n) is 1.55. The van der Waals surface area contributed by atoms with Crippen LogP contribution in [0.1, 0.15) is 19.3 Å². The maximum Gasteiger partial charge on any atom is 0.182 e. The van der Waals surface area contributed by atoms with E-state index in [1.54, 1.807) is 6.08 Å². The lowest BCUT2D eigenvalue weighted by Gasteiger charge is -2.14. The number of rotatable bonds is 2. The second-order valence-electron chi connectivity index (χ2n) is 2.60. The van der Waals surface area contributed by atoms with Crippen molar-refractivity contribution in [3.8, 4) is 0 Å². The van der Waals surface area contributed by atoms with Gasteiger partial charge in [-0.1, -0.05) is 0 Å². The van der Waals surface area contributed by atoms with Crippen LogP contribution in [0.15, 0.2) is 11.8 Å². The highest BCUT2D eigenvalue weighted by Crippen LogP contribution is 2.11. The summed E-state index contributed by atoms with van der Waals surface area (Å²) in [5.74, 6) is 0.147. The second-order valence-corrected chi connectivity index (χ2v) is 3.04. The summed E-state index contributed by atoms with van der Waals surface area (Å²) in [7, 11) is 0. The SMILES string of the molecule is NC(=S)NNC1=CC(=O)CCC1. The van der Waals surface area contributed by atoms with Gasteiger partial charge in [0.15, 0.2) is 10.9 Å². The van der Waals surface area contributed by atoms with Crippen molar-refractivity contribution in [3.05, 3.63) is 11.8 Å². The minimum Gasteiger partial charge on any atom is -0.375 e. The number of carbonyl (C=O) groups excluding carboxylic acids is 1. The fourth-order valence-electron chi connectivity index (χ4n) is 1.03. The van der Waals surface area contributed by atoms with E-state index in [0.29, 0.717) is 6.42 Å². The number of nitrogens with two attached hydrogens (primary N) is 1. The lowest BCUT2D eigenvalue weighted by molar-refractivity contribution is -0.115. The molecule has 5 heteroatoms. The summed E-state index contributed by atoms with van der Waals surface area (Å²) in [4.78, 5) is 10.9. The zero-order valence-electron chi connectivity index (χ0n) is 6.59. The van der Waals surface area contributed by atoms with Crippen LogP contribution in [0.2, 0.25) is 0 Å². The summed E-state index contributed by atoms with van der Waals surface area (Å²) < 4.78 is 0. The quantitative estimate of drug-likeness (QED) is 0.416. The summed E-state index contributed by atoms with van der Waals surface area (Å²) in [6, 6.07) is 0. The molecule has 0 bridgehead atoms. The molecule has 0 saturated carbocycles. The third kappa shape index (κ3) is 2.87. The van der Waals surface area contributed by atoms with Crippen LogP contribution in [0.3, 0.4) is 0 Å². The van der Waals surface area contributed by atoms with Crippen molar-refractivity contribution in [3.63, 3.8) is 0 Å². The van der Waals surface area contributed by atoms with Gasteiger partial charge in [0.05, 0.1) is 0 Å². The Labute approximate surface area is 76.2 Å². The van der Waals surface area contributed by atoms with Gasteiger partial charge in [0.1, 0.15) is 0 Å². The third-order valence-corrected chi connectivity index (χ3v) is 1.65. The Kier molecular flexibility index (Phi) is 3.04. The first kappa shape index (κ1) is 8.99. The smallest absolute Gasteiger partial charge is 0.182 e. The highest BCUT2D eigenvalue weighted by atomic mass is 32.1. The van der Waals surface area contributed by atoms with Crippen LogP contribution in [0, 0.1) is 0 Å². The van der Waals surface area contributed by atoms with E-state index in [2.05, 4.69) is 23.1 Å². The molecular formula is C7H11N3OS. The highest BCUT2D eigenvalue weighted by Gasteiger charge is 2.08. The van der Waals surface area contributed by atoms with Crippen molar-refractivity contribution in [2.24, 2.45) is 5.73 Å².